The third kappa shape index (κ3) is 5.67. The zero-order valence-electron chi connectivity index (χ0n) is 31.1. The number of aliphatic hydroxyl groups excluding tert-OH is 3. The second-order valence-corrected chi connectivity index (χ2v) is 12.8. The molecule has 0 aliphatic carbocycles. The minimum atomic E-state index is -1.53. The summed E-state index contributed by atoms with van der Waals surface area (Å²) in [6.45, 7) is 0. The third-order valence-electron chi connectivity index (χ3n) is 9.92. The number of hydrogen-bond donors (Lipinski definition) is 3. The van der Waals surface area contributed by atoms with Gasteiger partial charge in [-0.25, -0.2) is 0 Å². The Morgan fingerprint density at radius 3 is 0.931 bits per heavy atom. The number of nitrogens with zero attached hydrogens (tertiary/aromatic N) is 11. The van der Waals surface area contributed by atoms with Gasteiger partial charge in [-0.15, -0.1) is 0 Å². The molecule has 0 radical (unpaired) electrons. The molecule has 286 valence electrons. The van der Waals surface area contributed by atoms with E-state index in [-0.39, 0.29) is 16.8 Å². The summed E-state index contributed by atoms with van der Waals surface area (Å²) in [5.74, 6) is -2.17. The van der Waals surface area contributed by atoms with Crippen molar-refractivity contribution in [3.05, 3.63) is 177 Å². The van der Waals surface area contributed by atoms with Crippen molar-refractivity contribution < 1.29 is 32.1 Å². The molecule has 7 heterocycles. The molecule has 12 rings (SSSR count). The van der Waals surface area contributed by atoms with Gasteiger partial charge in [0.05, 0.1) is 11.7 Å². The Balaban J connectivity index is 0.000000644. The van der Waals surface area contributed by atoms with Crippen molar-refractivity contribution >= 4 is 44.0 Å². The first-order valence-electron chi connectivity index (χ1n) is 17.9. The fraction of sp³-hybridized carbons (Fsp3) is 0.116. The van der Waals surface area contributed by atoms with Gasteiger partial charge in [0.1, 0.15) is 0 Å². The molecule has 2 atom stereocenters. The van der Waals surface area contributed by atoms with Gasteiger partial charge in [-0.1, -0.05) is 121 Å². The van der Waals surface area contributed by atoms with Gasteiger partial charge in [0, 0.05) is 76.5 Å². The van der Waals surface area contributed by atoms with E-state index in [0.717, 1.165) is 75.9 Å². The quantitative estimate of drug-likeness (QED) is 0.205. The van der Waals surface area contributed by atoms with Crippen LogP contribution in [0.1, 0.15) is 22.3 Å². The van der Waals surface area contributed by atoms with Crippen molar-refractivity contribution in [2.24, 2.45) is 39.9 Å². The van der Waals surface area contributed by atoms with Crippen molar-refractivity contribution in [1.29, 1.82) is 0 Å². The normalized spacial score (nSPS) is 20.9. The molecule has 3 N–H and O–H groups in total. The largest absolute Gasteiger partial charge is 3.00 e. The Labute approximate surface area is 339 Å². The Kier molecular flexibility index (Phi) is 9.84. The summed E-state index contributed by atoms with van der Waals surface area (Å²) in [5, 5.41) is 25.9. The van der Waals surface area contributed by atoms with E-state index < -0.39 is 11.6 Å². The fourth-order valence-corrected chi connectivity index (χ4v) is 7.62. The van der Waals surface area contributed by atoms with Crippen LogP contribution in [0.3, 0.4) is 0 Å². The van der Waals surface area contributed by atoms with Crippen molar-refractivity contribution in [3.63, 3.8) is 0 Å². The van der Waals surface area contributed by atoms with E-state index in [2.05, 4.69) is 0 Å². The van der Waals surface area contributed by atoms with Crippen LogP contribution in [0, 0.1) is 0 Å². The van der Waals surface area contributed by atoms with Crippen LogP contribution in [0.5, 0.6) is 0 Å². The van der Waals surface area contributed by atoms with Gasteiger partial charge >= 0.3 is 16.8 Å². The molecule has 4 aliphatic rings. The molecule has 5 aromatic carbocycles. The second-order valence-electron chi connectivity index (χ2n) is 12.8. The van der Waals surface area contributed by atoms with Gasteiger partial charge in [0.2, 0.25) is 0 Å². The number of aliphatic hydroxyl groups is 3. The van der Waals surface area contributed by atoms with Crippen LogP contribution in [0.25, 0.3) is 32.3 Å². The molecule has 0 saturated heterocycles. The van der Waals surface area contributed by atoms with Crippen LogP contribution < -0.4 is 47.9 Å². The standard InChI is InChI=1S/C40H20N11.3CH4O.Co/c1-3-13-23-21(11-1)31-41-33(23)46-39-30-20-10-8-18-28(30)38(51-39)44-32-22-12-2-4-14-24(22)34(42-32)47-40(29-19-9-7-17-27(29)37(43-31)50-40)49-36-26-16-6-5-15-25(26)35(45-36)48-39;3*1-2;/h1-20H;3*2H,1H3;/q-3;;;;+3/t39-,40-;;;;/m0..../s1. The van der Waals surface area contributed by atoms with E-state index in [9.17, 15) is 0 Å². The molecule has 0 fully saturated rings. The first kappa shape index (κ1) is 38.1. The van der Waals surface area contributed by atoms with E-state index in [4.69, 9.17) is 70.2 Å². The van der Waals surface area contributed by atoms with E-state index in [1.54, 1.807) is 0 Å². The van der Waals surface area contributed by atoms with Gasteiger partial charge in [0.15, 0.2) is 11.6 Å². The summed E-state index contributed by atoms with van der Waals surface area (Å²) in [6, 6.07) is 39.5. The predicted molar refractivity (Wildman–Crippen MR) is 212 cm³/mol. The molecule has 14 nitrogen and oxygen atoms in total. The summed E-state index contributed by atoms with van der Waals surface area (Å²) in [7, 11) is 3.00. The number of aliphatic imine (C=N–C) groups is 2. The van der Waals surface area contributed by atoms with Crippen molar-refractivity contribution in [2.45, 2.75) is 11.6 Å². The van der Waals surface area contributed by atoms with Crippen LogP contribution in [-0.4, -0.2) is 48.3 Å². The summed E-state index contributed by atoms with van der Waals surface area (Å²) in [5.41, 5.74) is 5.77. The molecular weight excluding hydrogens is 777 g/mol. The Hall–Kier alpha value is -6.75. The maximum atomic E-state index is 7.00. The van der Waals surface area contributed by atoms with Crippen molar-refractivity contribution in [3.8, 4) is 0 Å². The average molecular weight is 810 g/mol. The molecule has 2 spiro atoms. The predicted octanol–water partition coefficient (Wildman–Crippen LogP) is 1.13. The summed E-state index contributed by atoms with van der Waals surface area (Å²) < 4.78 is 0. The first-order chi connectivity index (χ1) is 28.1. The maximum Gasteiger partial charge on any atom is 3.00 e. The number of rotatable bonds is 0. The Bertz CT molecular complexity index is 3150. The fourth-order valence-electron chi connectivity index (χ4n) is 7.62. The van der Waals surface area contributed by atoms with Gasteiger partial charge < -0.3 is 60.2 Å². The number of amidine groups is 2. The SMILES string of the molecule is CO.CO.CO.[Co+3].c1ccc2c(c1)C1=N[C@]23/N=c2\[n-]c(c4ccccc24)=NC2=N[C@@](/N=c4\[n-]c(c5ccccc45)=N1)(/N=c1\[n-]/c(c4ccccc14)=N\3)c1ccccc12. The Morgan fingerprint density at radius 2 is 0.603 bits per heavy atom. The summed E-state index contributed by atoms with van der Waals surface area (Å²) >= 11 is 0. The molecule has 8 aromatic rings. The summed E-state index contributed by atoms with van der Waals surface area (Å²) in [4.78, 5) is 57.5. The number of fused-ring (bicyclic) bond motifs is 15. The number of benzene rings is 5. The average Bonchev–Trinajstić information content (AvgIpc) is 4.05. The monoisotopic (exact) mass is 809 g/mol. The second kappa shape index (κ2) is 15.0. The van der Waals surface area contributed by atoms with Crippen LogP contribution in [0.2, 0.25) is 0 Å². The van der Waals surface area contributed by atoms with Crippen molar-refractivity contribution in [1.82, 2.24) is 15.0 Å². The number of hydrogen-bond acceptors (Lipinski definition) is 11. The van der Waals surface area contributed by atoms with Crippen LogP contribution in [-0.2, 0) is 28.4 Å². The Morgan fingerprint density at radius 1 is 0.345 bits per heavy atom. The third-order valence-corrected chi connectivity index (χ3v) is 9.92. The van der Waals surface area contributed by atoms with Gasteiger partial charge in [-0.05, 0) is 32.3 Å². The minimum absolute atomic E-state index is 0. The molecule has 3 aromatic heterocycles. The smallest absolute Gasteiger partial charge is 0.400 e. The molecule has 15 heteroatoms. The summed E-state index contributed by atoms with van der Waals surface area (Å²) in [6.07, 6.45) is 0. The molecule has 4 aliphatic heterocycles. The first-order valence-corrected chi connectivity index (χ1v) is 17.9. The van der Waals surface area contributed by atoms with Crippen LogP contribution >= 0.6 is 0 Å². The molecule has 58 heavy (non-hydrogen) atoms. The number of aromatic nitrogens is 3. The van der Waals surface area contributed by atoms with E-state index >= 15 is 0 Å². The maximum absolute atomic E-state index is 7.00. The molecule has 0 amide bonds. The van der Waals surface area contributed by atoms with E-state index in [1.165, 1.54) is 0 Å². The molecule has 10 bridgehead atoms. The topological polar surface area (TPSA) is 202 Å². The van der Waals surface area contributed by atoms with Crippen LogP contribution in [0.15, 0.2) is 161 Å². The zero-order valence-corrected chi connectivity index (χ0v) is 32.2. The molecule has 0 saturated carbocycles. The van der Waals surface area contributed by atoms with Crippen LogP contribution in [0.4, 0.5) is 0 Å². The van der Waals surface area contributed by atoms with Gasteiger partial charge in [-0.3, -0.25) is 9.98 Å². The zero-order chi connectivity index (χ0) is 39.3. The minimum Gasteiger partial charge on any atom is -0.400 e. The van der Waals surface area contributed by atoms with E-state index in [0.29, 0.717) is 44.6 Å². The van der Waals surface area contributed by atoms with E-state index in [1.807, 2.05) is 121 Å². The van der Waals surface area contributed by atoms with Gasteiger partial charge in [0.25, 0.3) is 0 Å². The molecular formula is C43H32CoN11O3. The van der Waals surface area contributed by atoms with Gasteiger partial charge in [-0.2, -0.15) is 0 Å². The molecule has 0 unspecified atom stereocenters. The van der Waals surface area contributed by atoms with Crippen molar-refractivity contribution in [2.75, 3.05) is 21.3 Å².